The minimum absolute atomic E-state index is 0.287. The van der Waals surface area contributed by atoms with Gasteiger partial charge in [0, 0.05) is 34.6 Å². The molecule has 3 aromatic rings. The van der Waals surface area contributed by atoms with Crippen LogP contribution in [0.1, 0.15) is 32.9 Å². The Morgan fingerprint density at radius 3 is 2.48 bits per heavy atom. The number of carbonyl (C=O) groups is 1. The van der Waals surface area contributed by atoms with Crippen LogP contribution < -0.4 is 10.6 Å². The Balaban J connectivity index is 1.86. The molecule has 150 valence electrons. The van der Waals surface area contributed by atoms with E-state index in [0.29, 0.717) is 23.1 Å². The van der Waals surface area contributed by atoms with Crippen molar-refractivity contribution in [2.75, 3.05) is 5.32 Å². The van der Waals surface area contributed by atoms with E-state index in [0.717, 1.165) is 28.2 Å². The molecule has 6 nitrogen and oxygen atoms in total. The number of carbonyl (C=O) groups excluding carboxylic acids is 1. The fourth-order valence-electron chi connectivity index (χ4n) is 2.90. The van der Waals surface area contributed by atoms with Crippen LogP contribution in [0.15, 0.2) is 53.5 Å². The van der Waals surface area contributed by atoms with Crippen molar-refractivity contribution in [1.29, 1.82) is 0 Å². The van der Waals surface area contributed by atoms with E-state index < -0.39 is 0 Å². The molecular formula is C22H24ClN5O. The van der Waals surface area contributed by atoms with Gasteiger partial charge in [0.2, 0.25) is 5.96 Å². The molecule has 0 atom stereocenters. The molecule has 0 unspecified atom stereocenters. The van der Waals surface area contributed by atoms with Gasteiger partial charge in [-0.05, 0) is 51.1 Å². The number of amides is 1. The Bertz CT molecular complexity index is 1050. The Hall–Kier alpha value is -3.12. The first-order valence-electron chi connectivity index (χ1n) is 9.27. The first-order valence-corrected chi connectivity index (χ1v) is 9.65. The van der Waals surface area contributed by atoms with Gasteiger partial charge in [-0.15, -0.1) is 0 Å². The van der Waals surface area contributed by atoms with Crippen molar-refractivity contribution >= 4 is 29.2 Å². The predicted molar refractivity (Wildman–Crippen MR) is 118 cm³/mol. The van der Waals surface area contributed by atoms with E-state index in [-0.39, 0.29) is 5.91 Å². The maximum absolute atomic E-state index is 12.7. The molecule has 1 amide bonds. The molecule has 0 aliphatic rings. The normalized spacial score (nSPS) is 11.4. The monoisotopic (exact) mass is 409 g/mol. The zero-order chi connectivity index (χ0) is 21.0. The van der Waals surface area contributed by atoms with Crippen LogP contribution in [0.2, 0.25) is 5.02 Å². The van der Waals surface area contributed by atoms with Crippen LogP contribution >= 0.6 is 11.6 Å². The number of nitrogens with zero attached hydrogens (tertiary/aromatic N) is 3. The summed E-state index contributed by atoms with van der Waals surface area (Å²) in [5, 5.41) is 11.0. The van der Waals surface area contributed by atoms with E-state index in [1.807, 2.05) is 56.8 Å². The summed E-state index contributed by atoms with van der Waals surface area (Å²) < 4.78 is 1.83. The predicted octanol–water partition coefficient (Wildman–Crippen LogP) is 4.40. The van der Waals surface area contributed by atoms with Crippen LogP contribution in [-0.4, -0.2) is 21.6 Å². The summed E-state index contributed by atoms with van der Waals surface area (Å²) in [5.74, 6) is 0.0759. The lowest BCUT2D eigenvalue weighted by Gasteiger charge is -2.12. The molecule has 0 aliphatic carbocycles. The Morgan fingerprint density at radius 1 is 1.14 bits per heavy atom. The Kier molecular flexibility index (Phi) is 6.34. The molecule has 2 aromatic carbocycles. The smallest absolute Gasteiger partial charge is 0.258 e. The van der Waals surface area contributed by atoms with Crippen molar-refractivity contribution in [2.24, 2.45) is 12.0 Å². The van der Waals surface area contributed by atoms with Crippen molar-refractivity contribution in [1.82, 2.24) is 15.1 Å². The second kappa shape index (κ2) is 8.92. The number of aliphatic imine (C=N–C) groups is 1. The molecular weight excluding hydrogens is 386 g/mol. The summed E-state index contributed by atoms with van der Waals surface area (Å²) in [7, 11) is 1.90. The third-order valence-corrected chi connectivity index (χ3v) is 4.92. The molecule has 0 radical (unpaired) electrons. The van der Waals surface area contributed by atoms with Crippen LogP contribution in [0.5, 0.6) is 0 Å². The third kappa shape index (κ3) is 5.23. The maximum Gasteiger partial charge on any atom is 0.258 e. The van der Waals surface area contributed by atoms with Crippen molar-refractivity contribution in [3.8, 4) is 0 Å². The van der Waals surface area contributed by atoms with E-state index in [9.17, 15) is 4.79 Å². The van der Waals surface area contributed by atoms with E-state index in [2.05, 4.69) is 20.7 Å². The summed E-state index contributed by atoms with van der Waals surface area (Å²) in [6, 6.07) is 14.7. The molecule has 0 bridgehead atoms. The van der Waals surface area contributed by atoms with Crippen LogP contribution in [0.25, 0.3) is 0 Å². The lowest BCUT2D eigenvalue weighted by Crippen LogP contribution is -2.36. The number of benzene rings is 2. The largest absolute Gasteiger partial charge is 0.326 e. The number of aromatic nitrogens is 2. The van der Waals surface area contributed by atoms with Crippen LogP contribution in [-0.2, 0) is 13.6 Å². The molecule has 29 heavy (non-hydrogen) atoms. The second-order valence-corrected chi connectivity index (χ2v) is 7.33. The number of hydrogen-bond donors (Lipinski definition) is 2. The topological polar surface area (TPSA) is 71.3 Å². The summed E-state index contributed by atoms with van der Waals surface area (Å²) in [5.41, 5.74) is 5.45. The summed E-state index contributed by atoms with van der Waals surface area (Å²) in [4.78, 5) is 17.3. The SMILES string of the molecule is Cc1ccc(NC(=NCc2c(C)nn(C)c2C)NC(=O)c2cccc(Cl)c2)cc1. The molecule has 0 saturated heterocycles. The van der Waals surface area contributed by atoms with Gasteiger partial charge in [-0.3, -0.25) is 14.8 Å². The van der Waals surface area contributed by atoms with Crippen molar-refractivity contribution in [3.63, 3.8) is 0 Å². The van der Waals surface area contributed by atoms with Crippen molar-refractivity contribution in [2.45, 2.75) is 27.3 Å². The highest BCUT2D eigenvalue weighted by Gasteiger charge is 2.12. The average Bonchev–Trinajstić information content (AvgIpc) is 2.93. The molecule has 0 spiro atoms. The number of anilines is 1. The minimum Gasteiger partial charge on any atom is -0.326 e. The van der Waals surface area contributed by atoms with Gasteiger partial charge in [-0.2, -0.15) is 5.10 Å². The Morgan fingerprint density at radius 2 is 1.86 bits per heavy atom. The van der Waals surface area contributed by atoms with Gasteiger partial charge >= 0.3 is 0 Å². The molecule has 3 rings (SSSR count). The number of hydrogen-bond acceptors (Lipinski definition) is 3. The van der Waals surface area contributed by atoms with E-state index in [4.69, 9.17) is 11.6 Å². The number of halogens is 1. The quantitative estimate of drug-likeness (QED) is 0.495. The van der Waals surface area contributed by atoms with Gasteiger partial charge in [0.25, 0.3) is 5.91 Å². The Labute approximate surface area is 175 Å². The van der Waals surface area contributed by atoms with Gasteiger partial charge < -0.3 is 5.32 Å². The molecule has 2 N–H and O–H groups in total. The van der Waals surface area contributed by atoms with Crippen LogP contribution in [0.4, 0.5) is 5.69 Å². The number of rotatable bonds is 4. The number of guanidine groups is 1. The zero-order valence-corrected chi connectivity index (χ0v) is 17.7. The molecule has 1 heterocycles. The first kappa shape index (κ1) is 20.6. The highest BCUT2D eigenvalue weighted by Crippen LogP contribution is 2.14. The van der Waals surface area contributed by atoms with E-state index in [1.54, 1.807) is 24.3 Å². The van der Waals surface area contributed by atoms with E-state index >= 15 is 0 Å². The summed E-state index contributed by atoms with van der Waals surface area (Å²) >= 11 is 6.01. The summed E-state index contributed by atoms with van der Waals surface area (Å²) in [6.45, 7) is 6.38. The molecule has 0 fully saturated rings. The lowest BCUT2D eigenvalue weighted by atomic mass is 10.2. The highest BCUT2D eigenvalue weighted by atomic mass is 35.5. The number of nitrogens with one attached hydrogen (secondary N) is 2. The van der Waals surface area contributed by atoms with Gasteiger partial charge in [-0.25, -0.2) is 4.99 Å². The van der Waals surface area contributed by atoms with E-state index in [1.165, 1.54) is 0 Å². The maximum atomic E-state index is 12.7. The van der Waals surface area contributed by atoms with Gasteiger partial charge in [0.05, 0.1) is 12.2 Å². The highest BCUT2D eigenvalue weighted by molar-refractivity contribution is 6.31. The lowest BCUT2D eigenvalue weighted by molar-refractivity contribution is 0.0977. The molecule has 1 aromatic heterocycles. The molecule has 7 heteroatoms. The standard InChI is InChI=1S/C22H24ClN5O/c1-14-8-10-19(11-9-14)25-22(24-13-20-15(2)27-28(4)16(20)3)26-21(29)17-6-5-7-18(23)12-17/h5-12H,13H2,1-4H3,(H2,24,25,26,29). The fraction of sp³-hybridized carbons (Fsp3) is 0.227. The van der Waals surface area contributed by atoms with Crippen LogP contribution in [0, 0.1) is 20.8 Å². The second-order valence-electron chi connectivity index (χ2n) is 6.89. The first-order chi connectivity index (χ1) is 13.8. The van der Waals surface area contributed by atoms with Crippen molar-refractivity contribution in [3.05, 3.63) is 81.6 Å². The average molecular weight is 410 g/mol. The summed E-state index contributed by atoms with van der Waals surface area (Å²) in [6.07, 6.45) is 0. The van der Waals surface area contributed by atoms with Gasteiger partial charge in [0.1, 0.15) is 0 Å². The van der Waals surface area contributed by atoms with Gasteiger partial charge in [0.15, 0.2) is 0 Å². The van der Waals surface area contributed by atoms with Crippen molar-refractivity contribution < 1.29 is 4.79 Å². The van der Waals surface area contributed by atoms with Crippen LogP contribution in [0.3, 0.4) is 0 Å². The third-order valence-electron chi connectivity index (χ3n) is 4.69. The zero-order valence-electron chi connectivity index (χ0n) is 17.0. The number of aryl methyl sites for hydroxylation is 3. The fourth-order valence-corrected chi connectivity index (χ4v) is 3.09. The van der Waals surface area contributed by atoms with Gasteiger partial charge in [-0.1, -0.05) is 35.4 Å². The molecule has 0 saturated carbocycles. The minimum atomic E-state index is -0.287. The molecule has 0 aliphatic heterocycles.